The van der Waals surface area contributed by atoms with Gasteiger partial charge in [0.15, 0.2) is 0 Å². The third kappa shape index (κ3) is 6.19. The number of hydrogen-bond donors (Lipinski definition) is 3. The highest BCUT2D eigenvalue weighted by atomic mass is 32.2. The maximum atomic E-state index is 12.0. The molecule has 0 fully saturated rings. The van der Waals surface area contributed by atoms with Crippen LogP contribution < -0.4 is 15.8 Å². The van der Waals surface area contributed by atoms with Crippen LogP contribution in [0.3, 0.4) is 0 Å². The molecule has 1 aromatic rings. The van der Waals surface area contributed by atoms with Crippen molar-refractivity contribution in [3.05, 3.63) is 35.4 Å². The van der Waals surface area contributed by atoms with Gasteiger partial charge in [-0.05, 0) is 26.0 Å². The van der Waals surface area contributed by atoms with Gasteiger partial charge in [-0.25, -0.2) is 13.1 Å². The molecule has 6 nitrogen and oxygen atoms in total. The first-order chi connectivity index (χ1) is 9.50. The molecule has 0 aliphatic heterocycles. The molecule has 1 amide bonds. The van der Waals surface area contributed by atoms with Gasteiger partial charge in [-0.2, -0.15) is 0 Å². The number of carbonyl (C=O) groups excluding carboxylic acids is 1. The predicted molar refractivity (Wildman–Crippen MR) is 86.7 cm³/mol. The summed E-state index contributed by atoms with van der Waals surface area (Å²) in [5.41, 5.74) is 5.83. The average Bonchev–Trinajstić information content (AvgIpc) is 2.33. The van der Waals surface area contributed by atoms with E-state index >= 15 is 0 Å². The summed E-state index contributed by atoms with van der Waals surface area (Å²) >= 11 is 4.83. The maximum Gasteiger partial charge on any atom is 0.251 e. The van der Waals surface area contributed by atoms with Gasteiger partial charge in [-0.15, -0.1) is 0 Å². The first kappa shape index (κ1) is 17.5. The zero-order valence-corrected chi connectivity index (χ0v) is 13.8. The summed E-state index contributed by atoms with van der Waals surface area (Å²) < 4.78 is 24.9. The van der Waals surface area contributed by atoms with Crippen molar-refractivity contribution in [1.82, 2.24) is 10.0 Å². The van der Waals surface area contributed by atoms with Gasteiger partial charge in [-0.3, -0.25) is 4.79 Å². The number of nitrogens with one attached hydrogen (secondary N) is 2. The van der Waals surface area contributed by atoms with Gasteiger partial charge in [0.1, 0.15) is 4.99 Å². The Morgan fingerprint density at radius 3 is 2.14 bits per heavy atom. The summed E-state index contributed by atoms with van der Waals surface area (Å²) in [6, 6.07) is 6.55. The lowest BCUT2D eigenvalue weighted by Crippen LogP contribution is -2.51. The van der Waals surface area contributed by atoms with Crippen molar-refractivity contribution in [3.8, 4) is 0 Å². The number of hydrogen-bond acceptors (Lipinski definition) is 4. The third-order valence-electron chi connectivity index (χ3n) is 2.58. The molecule has 0 unspecified atom stereocenters. The predicted octanol–water partition coefficient (Wildman–Crippen LogP) is 0.378. The highest BCUT2D eigenvalue weighted by molar-refractivity contribution is 7.88. The first-order valence-electron chi connectivity index (χ1n) is 6.17. The lowest BCUT2D eigenvalue weighted by Gasteiger charge is -2.25. The number of amides is 1. The Hall–Kier alpha value is -1.51. The van der Waals surface area contributed by atoms with Gasteiger partial charge < -0.3 is 11.1 Å². The molecule has 0 aliphatic carbocycles. The van der Waals surface area contributed by atoms with E-state index < -0.39 is 15.6 Å². The lowest BCUT2D eigenvalue weighted by atomic mass is 10.1. The molecule has 0 bridgehead atoms. The highest BCUT2D eigenvalue weighted by Gasteiger charge is 2.22. The molecular formula is C13H19N3O3S2. The Balaban J connectivity index is 2.67. The van der Waals surface area contributed by atoms with Gasteiger partial charge >= 0.3 is 0 Å². The number of sulfonamides is 1. The summed E-state index contributed by atoms with van der Waals surface area (Å²) in [5.74, 6) is -0.298. The average molecular weight is 329 g/mol. The molecule has 0 saturated heterocycles. The smallest absolute Gasteiger partial charge is 0.251 e. The molecule has 116 valence electrons. The van der Waals surface area contributed by atoms with Crippen molar-refractivity contribution in [2.24, 2.45) is 5.73 Å². The largest absolute Gasteiger partial charge is 0.389 e. The van der Waals surface area contributed by atoms with Crippen LogP contribution in [0.4, 0.5) is 0 Å². The van der Waals surface area contributed by atoms with Crippen molar-refractivity contribution in [2.75, 3.05) is 12.8 Å². The van der Waals surface area contributed by atoms with E-state index in [2.05, 4.69) is 10.0 Å². The third-order valence-corrected chi connectivity index (χ3v) is 3.74. The Morgan fingerprint density at radius 2 is 1.71 bits per heavy atom. The van der Waals surface area contributed by atoms with E-state index in [9.17, 15) is 13.2 Å². The molecule has 0 spiro atoms. The number of benzene rings is 1. The van der Waals surface area contributed by atoms with Crippen LogP contribution in [0.2, 0.25) is 0 Å². The van der Waals surface area contributed by atoms with Crippen molar-refractivity contribution >= 4 is 33.1 Å². The second kappa shape index (κ2) is 6.50. The normalized spacial score (nSPS) is 12.0. The molecule has 0 heterocycles. The van der Waals surface area contributed by atoms with E-state index in [4.69, 9.17) is 18.0 Å². The molecule has 0 aromatic heterocycles. The van der Waals surface area contributed by atoms with E-state index in [1.807, 2.05) is 0 Å². The topological polar surface area (TPSA) is 101 Å². The summed E-state index contributed by atoms with van der Waals surface area (Å²) in [6.45, 7) is 3.53. The first-order valence-corrected chi connectivity index (χ1v) is 8.47. The van der Waals surface area contributed by atoms with Crippen molar-refractivity contribution < 1.29 is 13.2 Å². The summed E-state index contributed by atoms with van der Waals surface area (Å²) in [7, 11) is -3.34. The van der Waals surface area contributed by atoms with Crippen LogP contribution in [-0.4, -0.2) is 37.7 Å². The second-order valence-electron chi connectivity index (χ2n) is 5.38. The second-order valence-corrected chi connectivity index (χ2v) is 7.57. The molecule has 8 heteroatoms. The minimum atomic E-state index is -3.34. The van der Waals surface area contributed by atoms with Crippen molar-refractivity contribution in [3.63, 3.8) is 0 Å². The fourth-order valence-corrected chi connectivity index (χ4v) is 2.94. The number of carbonyl (C=O) groups is 1. The van der Waals surface area contributed by atoms with Gasteiger partial charge in [0, 0.05) is 23.2 Å². The molecule has 4 N–H and O–H groups in total. The molecule has 0 radical (unpaired) electrons. The summed E-state index contributed by atoms with van der Waals surface area (Å²) in [5, 5.41) is 2.68. The van der Waals surface area contributed by atoms with Crippen molar-refractivity contribution in [1.29, 1.82) is 0 Å². The molecule has 1 aromatic carbocycles. The molecule has 1 rings (SSSR count). The zero-order valence-electron chi connectivity index (χ0n) is 12.1. The van der Waals surface area contributed by atoms with Gasteiger partial charge in [0.2, 0.25) is 10.0 Å². The van der Waals surface area contributed by atoms with E-state index in [-0.39, 0.29) is 17.4 Å². The Morgan fingerprint density at radius 1 is 1.24 bits per heavy atom. The van der Waals surface area contributed by atoms with Crippen molar-refractivity contribution in [2.45, 2.75) is 19.4 Å². The van der Waals surface area contributed by atoms with Gasteiger partial charge in [-0.1, -0.05) is 24.4 Å². The fourth-order valence-electron chi connectivity index (χ4n) is 1.73. The Kier molecular flexibility index (Phi) is 5.43. The van der Waals surface area contributed by atoms with Crippen LogP contribution in [0, 0.1) is 0 Å². The van der Waals surface area contributed by atoms with E-state index in [1.165, 1.54) is 0 Å². The molecule has 0 saturated carbocycles. The van der Waals surface area contributed by atoms with Crippen LogP contribution in [0.5, 0.6) is 0 Å². The summed E-state index contributed by atoms with van der Waals surface area (Å²) in [6.07, 6.45) is 1.07. The van der Waals surface area contributed by atoms with Crippen LogP contribution in [0.25, 0.3) is 0 Å². The minimum Gasteiger partial charge on any atom is -0.389 e. The molecule has 21 heavy (non-hydrogen) atoms. The number of nitrogens with two attached hydrogens (primary N) is 1. The maximum absolute atomic E-state index is 12.0. The summed E-state index contributed by atoms with van der Waals surface area (Å²) in [4.78, 5) is 12.2. The molecular weight excluding hydrogens is 310 g/mol. The zero-order chi connectivity index (χ0) is 16.3. The lowest BCUT2D eigenvalue weighted by molar-refractivity contribution is 0.0944. The fraction of sp³-hybridized carbons (Fsp3) is 0.385. The van der Waals surface area contributed by atoms with Gasteiger partial charge in [0.25, 0.3) is 5.91 Å². The van der Waals surface area contributed by atoms with Gasteiger partial charge in [0.05, 0.1) is 6.26 Å². The molecule has 0 atom stereocenters. The highest BCUT2D eigenvalue weighted by Crippen LogP contribution is 2.06. The van der Waals surface area contributed by atoms with E-state index in [1.54, 1.807) is 38.1 Å². The van der Waals surface area contributed by atoms with Crippen LogP contribution in [-0.2, 0) is 10.0 Å². The monoisotopic (exact) mass is 329 g/mol. The molecule has 0 aliphatic rings. The Bertz CT molecular complexity index is 637. The number of thiocarbonyl (C=S) groups is 1. The van der Waals surface area contributed by atoms with Crippen LogP contribution in [0.1, 0.15) is 29.8 Å². The number of rotatable bonds is 6. The van der Waals surface area contributed by atoms with E-state index in [0.717, 1.165) is 6.26 Å². The van der Waals surface area contributed by atoms with E-state index in [0.29, 0.717) is 11.1 Å². The quantitative estimate of drug-likeness (QED) is 0.655. The van der Waals surface area contributed by atoms with Crippen LogP contribution in [0.15, 0.2) is 24.3 Å². The van der Waals surface area contributed by atoms with Crippen LogP contribution >= 0.6 is 12.2 Å². The standard InChI is InChI=1S/C13H19N3O3S2/c1-13(2,16-21(3,18)19)8-15-12(17)10-6-4-9(5-7-10)11(14)20/h4-7,16H,8H2,1-3H3,(H2,14,20)(H,15,17). The Labute approximate surface area is 130 Å². The SMILES string of the molecule is CC(C)(CNC(=O)c1ccc(C(N)=S)cc1)NS(C)(=O)=O. The minimum absolute atomic E-state index is 0.163.